The van der Waals surface area contributed by atoms with Crippen LogP contribution in [0.15, 0.2) is 24.3 Å². The molecule has 0 spiro atoms. The summed E-state index contributed by atoms with van der Waals surface area (Å²) in [6.45, 7) is 7.40. The Kier molecular flexibility index (Phi) is 7.49. The second-order valence-electron chi connectivity index (χ2n) is 5.20. The molecule has 0 aliphatic rings. The second kappa shape index (κ2) is 8.02. The van der Waals surface area contributed by atoms with Crippen molar-refractivity contribution < 1.29 is 9.53 Å². The summed E-state index contributed by atoms with van der Waals surface area (Å²) in [5, 5.41) is 2.65. The van der Waals surface area contributed by atoms with Gasteiger partial charge in [-0.2, -0.15) is 0 Å². The van der Waals surface area contributed by atoms with Gasteiger partial charge in [0.15, 0.2) is 6.61 Å². The lowest BCUT2D eigenvalue weighted by Crippen LogP contribution is -2.32. The number of hydrogen-bond acceptors (Lipinski definition) is 3. The first-order valence-electron chi connectivity index (χ1n) is 6.13. The lowest BCUT2D eigenvalue weighted by atomic mass is 9.87. The highest BCUT2D eigenvalue weighted by Gasteiger charge is 2.13. The van der Waals surface area contributed by atoms with Gasteiger partial charge in [0, 0.05) is 13.1 Å². The summed E-state index contributed by atoms with van der Waals surface area (Å²) in [7, 11) is 0. The molecule has 1 rings (SSSR count). The zero-order valence-electron chi connectivity index (χ0n) is 11.7. The van der Waals surface area contributed by atoms with Crippen molar-refractivity contribution in [3.63, 3.8) is 0 Å². The SMILES string of the molecule is CC(C)(C)c1ccc(OCC(=O)NCCN)cc1.Cl. The molecule has 0 unspecified atom stereocenters. The van der Waals surface area contributed by atoms with E-state index in [2.05, 4.69) is 26.1 Å². The van der Waals surface area contributed by atoms with Crippen molar-refractivity contribution in [3.05, 3.63) is 29.8 Å². The van der Waals surface area contributed by atoms with Crippen molar-refractivity contribution in [2.24, 2.45) is 5.73 Å². The van der Waals surface area contributed by atoms with Gasteiger partial charge in [-0.3, -0.25) is 4.79 Å². The fourth-order valence-corrected chi connectivity index (χ4v) is 1.46. The van der Waals surface area contributed by atoms with Crippen molar-refractivity contribution in [2.45, 2.75) is 26.2 Å². The molecule has 0 radical (unpaired) electrons. The Morgan fingerprint density at radius 1 is 1.26 bits per heavy atom. The van der Waals surface area contributed by atoms with Crippen LogP contribution in [0.4, 0.5) is 0 Å². The van der Waals surface area contributed by atoms with E-state index in [0.29, 0.717) is 18.8 Å². The molecule has 108 valence electrons. The standard InChI is InChI=1S/C14H22N2O2.ClH/c1-14(2,3)11-4-6-12(7-5-11)18-10-13(17)16-9-8-15;/h4-7H,8-10,15H2,1-3H3,(H,16,17);1H. The predicted molar refractivity (Wildman–Crippen MR) is 79.9 cm³/mol. The Bertz CT molecular complexity index is 385. The van der Waals surface area contributed by atoms with E-state index in [0.717, 1.165) is 0 Å². The highest BCUT2D eigenvalue weighted by Crippen LogP contribution is 2.24. The number of halogens is 1. The van der Waals surface area contributed by atoms with Crippen LogP contribution in [0.25, 0.3) is 0 Å². The minimum atomic E-state index is -0.152. The lowest BCUT2D eigenvalue weighted by molar-refractivity contribution is -0.123. The zero-order valence-corrected chi connectivity index (χ0v) is 12.5. The highest BCUT2D eigenvalue weighted by molar-refractivity contribution is 5.85. The Hall–Kier alpha value is -1.26. The third-order valence-electron chi connectivity index (χ3n) is 2.56. The number of rotatable bonds is 5. The highest BCUT2D eigenvalue weighted by atomic mass is 35.5. The van der Waals surface area contributed by atoms with Crippen LogP contribution in [0.1, 0.15) is 26.3 Å². The molecule has 0 heterocycles. The Labute approximate surface area is 121 Å². The second-order valence-corrected chi connectivity index (χ2v) is 5.20. The molecular weight excluding hydrogens is 264 g/mol. The molecule has 1 aromatic carbocycles. The summed E-state index contributed by atoms with van der Waals surface area (Å²) < 4.78 is 5.38. The first kappa shape index (κ1) is 17.7. The molecule has 0 saturated heterocycles. The van der Waals surface area contributed by atoms with Gasteiger partial charge in [-0.05, 0) is 23.1 Å². The molecule has 0 atom stereocenters. The number of carbonyl (C=O) groups is 1. The number of benzene rings is 1. The van der Waals surface area contributed by atoms with Crippen molar-refractivity contribution >= 4 is 18.3 Å². The van der Waals surface area contributed by atoms with Crippen molar-refractivity contribution in [1.82, 2.24) is 5.32 Å². The largest absolute Gasteiger partial charge is 0.484 e. The molecule has 19 heavy (non-hydrogen) atoms. The van der Waals surface area contributed by atoms with Crippen LogP contribution < -0.4 is 15.8 Å². The van der Waals surface area contributed by atoms with Crippen LogP contribution in [0.2, 0.25) is 0 Å². The average Bonchev–Trinajstić information content (AvgIpc) is 2.33. The number of nitrogens with two attached hydrogens (primary N) is 1. The zero-order chi connectivity index (χ0) is 13.6. The molecule has 1 aromatic rings. The van der Waals surface area contributed by atoms with E-state index in [4.69, 9.17) is 10.5 Å². The minimum Gasteiger partial charge on any atom is -0.484 e. The Balaban J connectivity index is 0.00000324. The summed E-state index contributed by atoms with van der Waals surface area (Å²) in [5.74, 6) is 0.547. The van der Waals surface area contributed by atoms with E-state index in [9.17, 15) is 4.79 Å². The number of ether oxygens (including phenoxy) is 1. The maximum Gasteiger partial charge on any atom is 0.257 e. The van der Waals surface area contributed by atoms with Gasteiger partial charge in [0.1, 0.15) is 5.75 Å². The van der Waals surface area contributed by atoms with Gasteiger partial charge in [0.2, 0.25) is 0 Å². The summed E-state index contributed by atoms with van der Waals surface area (Å²) >= 11 is 0. The van der Waals surface area contributed by atoms with Gasteiger partial charge in [-0.25, -0.2) is 0 Å². The van der Waals surface area contributed by atoms with Crippen LogP contribution in [-0.2, 0) is 10.2 Å². The fraction of sp³-hybridized carbons (Fsp3) is 0.500. The van der Waals surface area contributed by atoms with E-state index >= 15 is 0 Å². The number of nitrogens with one attached hydrogen (secondary N) is 1. The van der Waals surface area contributed by atoms with E-state index < -0.39 is 0 Å². The van der Waals surface area contributed by atoms with E-state index in [1.54, 1.807) is 0 Å². The van der Waals surface area contributed by atoms with Gasteiger partial charge in [-0.1, -0.05) is 32.9 Å². The maximum absolute atomic E-state index is 11.3. The molecule has 0 aliphatic carbocycles. The summed E-state index contributed by atoms with van der Waals surface area (Å²) in [5.41, 5.74) is 6.65. The van der Waals surface area contributed by atoms with Gasteiger partial charge in [0.05, 0.1) is 0 Å². The van der Waals surface area contributed by atoms with Crippen LogP contribution in [0, 0.1) is 0 Å². The Morgan fingerprint density at radius 2 is 1.84 bits per heavy atom. The lowest BCUT2D eigenvalue weighted by Gasteiger charge is -2.19. The molecule has 0 fully saturated rings. The summed E-state index contributed by atoms with van der Waals surface area (Å²) in [6.07, 6.45) is 0. The molecule has 3 N–H and O–H groups in total. The van der Waals surface area contributed by atoms with Crippen LogP contribution in [-0.4, -0.2) is 25.6 Å². The third-order valence-corrected chi connectivity index (χ3v) is 2.56. The van der Waals surface area contributed by atoms with Gasteiger partial charge in [-0.15, -0.1) is 12.4 Å². The maximum atomic E-state index is 11.3. The number of amides is 1. The quantitative estimate of drug-likeness (QED) is 0.868. The van der Waals surface area contributed by atoms with Crippen LogP contribution in [0.5, 0.6) is 5.75 Å². The first-order valence-corrected chi connectivity index (χ1v) is 6.13. The minimum absolute atomic E-state index is 0. The van der Waals surface area contributed by atoms with Crippen molar-refractivity contribution in [2.75, 3.05) is 19.7 Å². The number of carbonyl (C=O) groups excluding carboxylic acids is 1. The Morgan fingerprint density at radius 3 is 2.32 bits per heavy atom. The molecule has 0 aliphatic heterocycles. The van der Waals surface area contributed by atoms with Crippen molar-refractivity contribution in [3.8, 4) is 5.75 Å². The molecule has 5 heteroatoms. The van der Waals surface area contributed by atoms with Crippen LogP contribution in [0.3, 0.4) is 0 Å². The first-order chi connectivity index (χ1) is 8.43. The predicted octanol–water partition coefficient (Wildman–Crippen LogP) is 1.86. The van der Waals surface area contributed by atoms with E-state index in [1.165, 1.54) is 5.56 Å². The fourth-order valence-electron chi connectivity index (χ4n) is 1.46. The van der Waals surface area contributed by atoms with Gasteiger partial charge in [0.25, 0.3) is 5.91 Å². The van der Waals surface area contributed by atoms with E-state index in [-0.39, 0.29) is 30.3 Å². The third kappa shape index (κ3) is 6.45. The number of hydrogen-bond donors (Lipinski definition) is 2. The molecule has 4 nitrogen and oxygen atoms in total. The molecular formula is C14H23ClN2O2. The normalized spacial score (nSPS) is 10.5. The molecule has 1 amide bonds. The van der Waals surface area contributed by atoms with Gasteiger partial charge < -0.3 is 15.8 Å². The summed E-state index contributed by atoms with van der Waals surface area (Å²) in [4.78, 5) is 11.3. The molecule has 0 saturated carbocycles. The summed E-state index contributed by atoms with van der Waals surface area (Å²) in [6, 6.07) is 7.81. The topological polar surface area (TPSA) is 64.3 Å². The van der Waals surface area contributed by atoms with Crippen molar-refractivity contribution in [1.29, 1.82) is 0 Å². The molecule has 0 bridgehead atoms. The monoisotopic (exact) mass is 286 g/mol. The van der Waals surface area contributed by atoms with Gasteiger partial charge >= 0.3 is 0 Å². The smallest absolute Gasteiger partial charge is 0.257 e. The molecule has 0 aromatic heterocycles. The average molecular weight is 287 g/mol. The van der Waals surface area contributed by atoms with Crippen LogP contribution >= 0.6 is 12.4 Å². The van der Waals surface area contributed by atoms with E-state index in [1.807, 2.05) is 24.3 Å².